The Labute approximate surface area is 160 Å². The first-order valence-electron chi connectivity index (χ1n) is 8.60. The van der Waals surface area contributed by atoms with Crippen molar-refractivity contribution in [2.75, 3.05) is 19.3 Å². The fraction of sp³-hybridized carbons (Fsp3) is 0.150. The second-order valence-electron chi connectivity index (χ2n) is 6.35. The molecule has 136 valence electrons. The van der Waals surface area contributed by atoms with Crippen molar-refractivity contribution in [1.29, 1.82) is 0 Å². The number of aromatic nitrogens is 3. The van der Waals surface area contributed by atoms with E-state index >= 15 is 0 Å². The minimum atomic E-state index is 0.0354. The average molecular weight is 377 g/mol. The summed E-state index contributed by atoms with van der Waals surface area (Å²) in [7, 11) is 1.84. The van der Waals surface area contributed by atoms with E-state index in [0.717, 1.165) is 22.4 Å². The molecule has 6 nitrogen and oxygen atoms in total. The van der Waals surface area contributed by atoms with Gasteiger partial charge in [0.1, 0.15) is 0 Å². The van der Waals surface area contributed by atoms with Crippen LogP contribution in [-0.2, 0) is 6.42 Å². The predicted octanol–water partition coefficient (Wildman–Crippen LogP) is 3.35. The Morgan fingerprint density at radius 3 is 2.81 bits per heavy atom. The highest BCUT2D eigenvalue weighted by Crippen LogP contribution is 2.26. The minimum absolute atomic E-state index is 0.0354. The third-order valence-corrected chi connectivity index (χ3v) is 5.33. The number of hydrogen-bond donors (Lipinski definition) is 1. The molecule has 0 aliphatic heterocycles. The molecule has 2 N–H and O–H groups in total. The Morgan fingerprint density at radius 1 is 1.19 bits per heavy atom. The Morgan fingerprint density at radius 2 is 2.00 bits per heavy atom. The van der Waals surface area contributed by atoms with E-state index in [1.807, 2.05) is 55.0 Å². The quantitative estimate of drug-likeness (QED) is 0.579. The zero-order valence-electron chi connectivity index (χ0n) is 14.9. The van der Waals surface area contributed by atoms with Crippen LogP contribution in [0, 0.1) is 0 Å². The number of benzene rings is 1. The van der Waals surface area contributed by atoms with Gasteiger partial charge in [0.25, 0.3) is 5.91 Å². The molecule has 7 heteroatoms. The first-order chi connectivity index (χ1) is 13.1. The number of carbonyl (C=O) groups is 1. The van der Waals surface area contributed by atoms with Gasteiger partial charge in [-0.2, -0.15) is 4.98 Å². The van der Waals surface area contributed by atoms with Crippen molar-refractivity contribution >= 4 is 28.8 Å². The maximum absolute atomic E-state index is 12.7. The molecule has 1 aromatic carbocycles. The third-order valence-electron chi connectivity index (χ3n) is 4.42. The summed E-state index contributed by atoms with van der Waals surface area (Å²) in [6.07, 6.45) is 2.71. The maximum Gasteiger partial charge on any atom is 0.263 e. The molecule has 0 aliphatic carbocycles. The Balaban J connectivity index is 1.48. The topological polar surface area (TPSA) is 76.5 Å². The summed E-state index contributed by atoms with van der Waals surface area (Å²) < 4.78 is 1.65. The second-order valence-corrected chi connectivity index (χ2v) is 7.26. The number of rotatable bonds is 5. The van der Waals surface area contributed by atoms with Crippen LogP contribution in [0.1, 0.15) is 15.2 Å². The molecule has 0 radical (unpaired) electrons. The molecule has 3 heterocycles. The number of carbonyl (C=O) groups excluding carboxylic acids is 1. The standard InChI is InChI=1S/C20H19N5OS/c1-24(10-9-14-5-3-2-4-6-14)19(26)17-11-16(13-27-17)15-7-8-18-22-20(21)23-25(18)12-15/h2-8,11-13H,9-10H2,1H3,(H2,21,23). The van der Waals surface area contributed by atoms with Gasteiger partial charge in [-0.1, -0.05) is 30.3 Å². The van der Waals surface area contributed by atoms with Crippen molar-refractivity contribution in [2.24, 2.45) is 0 Å². The van der Waals surface area contributed by atoms with Gasteiger partial charge in [-0.05, 0) is 41.1 Å². The number of fused-ring (bicyclic) bond motifs is 1. The second kappa shape index (κ2) is 7.20. The van der Waals surface area contributed by atoms with Crippen LogP contribution in [0.5, 0.6) is 0 Å². The fourth-order valence-electron chi connectivity index (χ4n) is 2.90. The molecule has 0 bridgehead atoms. The smallest absolute Gasteiger partial charge is 0.263 e. The molecule has 0 fully saturated rings. The predicted molar refractivity (Wildman–Crippen MR) is 108 cm³/mol. The molecule has 4 aromatic rings. The van der Waals surface area contributed by atoms with Crippen molar-refractivity contribution in [1.82, 2.24) is 19.5 Å². The molecular formula is C20H19N5OS. The molecule has 3 aromatic heterocycles. The lowest BCUT2D eigenvalue weighted by atomic mass is 10.1. The van der Waals surface area contributed by atoms with Crippen molar-refractivity contribution < 1.29 is 4.79 Å². The van der Waals surface area contributed by atoms with Crippen LogP contribution in [0.25, 0.3) is 16.8 Å². The van der Waals surface area contributed by atoms with Gasteiger partial charge >= 0.3 is 0 Å². The number of nitrogens with zero attached hydrogens (tertiary/aromatic N) is 4. The largest absolute Gasteiger partial charge is 0.366 e. The number of nitrogens with two attached hydrogens (primary N) is 1. The number of nitrogen functional groups attached to an aromatic ring is 1. The Hall–Kier alpha value is -3.19. The normalized spacial score (nSPS) is 11.0. The van der Waals surface area contributed by atoms with E-state index in [1.165, 1.54) is 16.9 Å². The number of likely N-dealkylation sites (N-methyl/N-ethyl adjacent to an activating group) is 1. The van der Waals surface area contributed by atoms with Crippen molar-refractivity contribution in [3.05, 3.63) is 70.5 Å². The van der Waals surface area contributed by atoms with Gasteiger partial charge in [0, 0.05) is 25.4 Å². The first-order valence-corrected chi connectivity index (χ1v) is 9.48. The SMILES string of the molecule is CN(CCc1ccccc1)C(=O)c1cc(-c2ccc3nc(N)nn3c2)cs1. The van der Waals surface area contributed by atoms with Gasteiger partial charge in [-0.15, -0.1) is 16.4 Å². The van der Waals surface area contributed by atoms with E-state index in [1.54, 1.807) is 9.42 Å². The van der Waals surface area contributed by atoms with Crippen LogP contribution in [0.4, 0.5) is 5.95 Å². The minimum Gasteiger partial charge on any atom is -0.366 e. The van der Waals surface area contributed by atoms with Crippen LogP contribution in [0.2, 0.25) is 0 Å². The number of pyridine rings is 1. The van der Waals surface area contributed by atoms with Crippen LogP contribution < -0.4 is 5.73 Å². The third kappa shape index (κ3) is 3.68. The fourth-order valence-corrected chi connectivity index (χ4v) is 3.81. The summed E-state index contributed by atoms with van der Waals surface area (Å²) in [5.74, 6) is 0.279. The van der Waals surface area contributed by atoms with Gasteiger partial charge in [-0.25, -0.2) is 4.52 Å². The Bertz CT molecular complexity index is 1090. The monoisotopic (exact) mass is 377 g/mol. The van der Waals surface area contributed by atoms with Crippen LogP contribution in [0.15, 0.2) is 60.1 Å². The molecular weight excluding hydrogens is 358 g/mol. The van der Waals surface area contributed by atoms with Crippen molar-refractivity contribution in [2.45, 2.75) is 6.42 Å². The summed E-state index contributed by atoms with van der Waals surface area (Å²) in [5, 5.41) is 6.12. The number of amides is 1. The number of thiophene rings is 1. The molecule has 0 atom stereocenters. The van der Waals surface area contributed by atoms with E-state index in [-0.39, 0.29) is 11.9 Å². The molecule has 0 unspecified atom stereocenters. The van der Waals surface area contributed by atoms with Gasteiger partial charge < -0.3 is 10.6 Å². The number of hydrogen-bond acceptors (Lipinski definition) is 5. The van der Waals surface area contributed by atoms with E-state index in [4.69, 9.17) is 5.73 Å². The molecule has 4 rings (SSSR count). The maximum atomic E-state index is 12.7. The molecule has 0 saturated carbocycles. The lowest BCUT2D eigenvalue weighted by molar-refractivity contribution is 0.0801. The summed E-state index contributed by atoms with van der Waals surface area (Å²) in [5.41, 5.74) is 9.51. The van der Waals surface area contributed by atoms with Crippen LogP contribution in [-0.4, -0.2) is 39.0 Å². The van der Waals surface area contributed by atoms with Crippen molar-refractivity contribution in [3.63, 3.8) is 0 Å². The lowest BCUT2D eigenvalue weighted by Gasteiger charge is -2.16. The van der Waals surface area contributed by atoms with E-state index in [9.17, 15) is 4.79 Å². The molecule has 27 heavy (non-hydrogen) atoms. The molecule has 0 aliphatic rings. The molecule has 0 saturated heterocycles. The summed E-state index contributed by atoms with van der Waals surface area (Å²) >= 11 is 1.45. The highest BCUT2D eigenvalue weighted by molar-refractivity contribution is 7.12. The van der Waals surface area contributed by atoms with E-state index in [2.05, 4.69) is 22.2 Å². The summed E-state index contributed by atoms with van der Waals surface area (Å²) in [6, 6.07) is 15.9. The van der Waals surface area contributed by atoms with Gasteiger partial charge in [0.15, 0.2) is 5.65 Å². The first kappa shape index (κ1) is 17.2. The van der Waals surface area contributed by atoms with Crippen LogP contribution in [0.3, 0.4) is 0 Å². The highest BCUT2D eigenvalue weighted by Gasteiger charge is 2.15. The van der Waals surface area contributed by atoms with Crippen molar-refractivity contribution in [3.8, 4) is 11.1 Å². The van der Waals surface area contributed by atoms with E-state index in [0.29, 0.717) is 12.2 Å². The average Bonchev–Trinajstić information content (AvgIpc) is 3.31. The van der Waals surface area contributed by atoms with E-state index < -0.39 is 0 Å². The highest BCUT2D eigenvalue weighted by atomic mass is 32.1. The molecule has 0 spiro atoms. The summed E-state index contributed by atoms with van der Waals surface area (Å²) in [4.78, 5) is 19.3. The van der Waals surface area contributed by atoms with Crippen LogP contribution >= 0.6 is 11.3 Å². The summed E-state index contributed by atoms with van der Waals surface area (Å²) in [6.45, 7) is 0.681. The molecule has 1 amide bonds. The number of anilines is 1. The van der Waals surface area contributed by atoms with Gasteiger partial charge in [-0.3, -0.25) is 4.79 Å². The Kier molecular flexibility index (Phi) is 4.60. The zero-order valence-corrected chi connectivity index (χ0v) is 15.7. The zero-order chi connectivity index (χ0) is 18.8. The lowest BCUT2D eigenvalue weighted by Crippen LogP contribution is -2.28. The van der Waals surface area contributed by atoms with Gasteiger partial charge in [0.2, 0.25) is 5.95 Å². The van der Waals surface area contributed by atoms with Gasteiger partial charge in [0.05, 0.1) is 4.88 Å².